The summed E-state index contributed by atoms with van der Waals surface area (Å²) in [6.07, 6.45) is 2.26. The van der Waals surface area contributed by atoms with Gasteiger partial charge in [-0.15, -0.1) is 0 Å². The summed E-state index contributed by atoms with van der Waals surface area (Å²) >= 11 is 0. The van der Waals surface area contributed by atoms with Crippen LogP contribution in [-0.2, 0) is 15.1 Å². The third-order valence-corrected chi connectivity index (χ3v) is 6.36. The van der Waals surface area contributed by atoms with Crippen LogP contribution >= 0.6 is 0 Å². The minimum atomic E-state index is -1.32. The number of imide groups is 1. The Balaban J connectivity index is 1.73. The Hall–Kier alpha value is -2.41. The summed E-state index contributed by atoms with van der Waals surface area (Å²) in [5.41, 5.74) is 5.51. The molecule has 138 valence electrons. The van der Waals surface area contributed by atoms with E-state index in [4.69, 9.17) is 5.73 Å². The van der Waals surface area contributed by atoms with Gasteiger partial charge < -0.3 is 16.2 Å². The van der Waals surface area contributed by atoms with Crippen LogP contribution in [0.3, 0.4) is 0 Å². The number of carbonyl (C=O) groups excluding carboxylic acids is 3. The van der Waals surface area contributed by atoms with E-state index in [2.05, 4.69) is 5.32 Å². The minimum Gasteiger partial charge on any atom is -0.388 e. The highest BCUT2D eigenvalue weighted by Crippen LogP contribution is 2.47. The summed E-state index contributed by atoms with van der Waals surface area (Å²) in [5.74, 6) is -1.07. The van der Waals surface area contributed by atoms with Crippen molar-refractivity contribution in [2.45, 2.75) is 50.3 Å². The third-order valence-electron chi connectivity index (χ3n) is 6.36. The number of fused-ring (bicyclic) bond motifs is 2. The van der Waals surface area contributed by atoms with E-state index < -0.39 is 35.5 Å². The molecule has 1 aliphatic heterocycles. The molecule has 4 atom stereocenters. The molecule has 7 heteroatoms. The molecule has 26 heavy (non-hydrogen) atoms. The highest BCUT2D eigenvalue weighted by Gasteiger charge is 2.60. The van der Waals surface area contributed by atoms with E-state index in [1.165, 1.54) is 0 Å². The molecule has 2 aliphatic carbocycles. The molecule has 2 fully saturated rings. The molecule has 1 aromatic rings. The van der Waals surface area contributed by atoms with Crippen LogP contribution in [-0.4, -0.2) is 33.9 Å². The zero-order valence-electron chi connectivity index (χ0n) is 14.6. The van der Waals surface area contributed by atoms with Crippen molar-refractivity contribution in [3.63, 3.8) is 0 Å². The van der Waals surface area contributed by atoms with Crippen molar-refractivity contribution in [1.29, 1.82) is 0 Å². The second kappa shape index (κ2) is 5.81. The van der Waals surface area contributed by atoms with Crippen LogP contribution in [0.2, 0.25) is 0 Å². The van der Waals surface area contributed by atoms with Gasteiger partial charge in [0, 0.05) is 6.42 Å². The number of rotatable bonds is 4. The second-order valence-electron chi connectivity index (χ2n) is 7.72. The van der Waals surface area contributed by atoms with Crippen molar-refractivity contribution in [2.24, 2.45) is 17.6 Å². The van der Waals surface area contributed by atoms with E-state index >= 15 is 0 Å². The number of benzene rings is 1. The number of urea groups is 1. The van der Waals surface area contributed by atoms with E-state index in [0.29, 0.717) is 11.1 Å². The maximum Gasteiger partial charge on any atom is 0.326 e. The van der Waals surface area contributed by atoms with Crippen molar-refractivity contribution in [3.8, 4) is 0 Å². The Morgan fingerprint density at radius 3 is 2.65 bits per heavy atom. The largest absolute Gasteiger partial charge is 0.388 e. The number of nitrogens with one attached hydrogen (secondary N) is 1. The van der Waals surface area contributed by atoms with Gasteiger partial charge in [0.1, 0.15) is 11.6 Å². The number of hydrogen-bond donors (Lipinski definition) is 3. The molecular formula is C19H23N3O4. The molecule has 4 amide bonds. The number of aliphatic hydroxyl groups is 1. The molecule has 0 aromatic heterocycles. The summed E-state index contributed by atoms with van der Waals surface area (Å²) < 4.78 is 0. The number of hydrogen-bond acceptors (Lipinski definition) is 4. The number of nitrogens with zero attached hydrogens (tertiary/aromatic N) is 1. The van der Waals surface area contributed by atoms with Crippen molar-refractivity contribution in [1.82, 2.24) is 10.2 Å². The maximum absolute atomic E-state index is 13.4. The van der Waals surface area contributed by atoms with Crippen LogP contribution in [0.25, 0.3) is 0 Å². The Kier molecular flexibility index (Phi) is 3.80. The van der Waals surface area contributed by atoms with Gasteiger partial charge in [-0.1, -0.05) is 50.5 Å². The van der Waals surface area contributed by atoms with Crippen LogP contribution in [0.1, 0.15) is 49.8 Å². The molecule has 1 saturated heterocycles. The number of nitrogens with two attached hydrogens (primary N) is 1. The van der Waals surface area contributed by atoms with E-state index in [1.807, 2.05) is 6.92 Å². The summed E-state index contributed by atoms with van der Waals surface area (Å²) in [6, 6.07) is 5.45. The summed E-state index contributed by atoms with van der Waals surface area (Å²) in [5, 5.41) is 13.1. The lowest BCUT2D eigenvalue weighted by Gasteiger charge is -2.38. The SMILES string of the molecule is C[C@@H](C1CCC1)C(C(N)=O)N1C(=O)NC2(C[C@H](O)c3ccccc32)C1=O. The van der Waals surface area contributed by atoms with Gasteiger partial charge in [0.05, 0.1) is 6.10 Å². The molecule has 3 aliphatic rings. The molecule has 4 rings (SSSR count). The van der Waals surface area contributed by atoms with Gasteiger partial charge in [-0.05, 0) is 23.0 Å². The molecule has 1 heterocycles. The summed E-state index contributed by atoms with van der Waals surface area (Å²) in [6.45, 7) is 1.88. The molecule has 0 bridgehead atoms. The highest BCUT2D eigenvalue weighted by molar-refractivity contribution is 6.10. The van der Waals surface area contributed by atoms with Crippen molar-refractivity contribution < 1.29 is 19.5 Å². The lowest BCUT2D eigenvalue weighted by molar-refractivity contribution is -0.140. The summed E-state index contributed by atoms with van der Waals surface area (Å²) in [4.78, 5) is 39.3. The molecule has 1 saturated carbocycles. The van der Waals surface area contributed by atoms with E-state index in [-0.39, 0.29) is 18.3 Å². The predicted molar refractivity (Wildman–Crippen MR) is 92.6 cm³/mol. The molecule has 0 radical (unpaired) electrons. The Labute approximate surface area is 151 Å². The van der Waals surface area contributed by atoms with Crippen molar-refractivity contribution in [2.75, 3.05) is 0 Å². The predicted octanol–water partition coefficient (Wildman–Crippen LogP) is 1.16. The Bertz CT molecular complexity index is 791. The topological polar surface area (TPSA) is 113 Å². The normalized spacial score (nSPS) is 30.1. The first-order chi connectivity index (χ1) is 12.4. The van der Waals surface area contributed by atoms with E-state index in [1.54, 1.807) is 24.3 Å². The third kappa shape index (κ3) is 2.19. The van der Waals surface area contributed by atoms with Crippen LogP contribution in [0.5, 0.6) is 0 Å². The Morgan fingerprint density at radius 1 is 1.35 bits per heavy atom. The Morgan fingerprint density at radius 2 is 2.04 bits per heavy atom. The lowest BCUT2D eigenvalue weighted by atomic mass is 9.73. The van der Waals surface area contributed by atoms with Gasteiger partial charge in [0.15, 0.2) is 0 Å². The second-order valence-corrected chi connectivity index (χ2v) is 7.72. The minimum absolute atomic E-state index is 0.0662. The average molecular weight is 357 g/mol. The van der Waals surface area contributed by atoms with Gasteiger partial charge in [0.2, 0.25) is 5.91 Å². The van der Waals surface area contributed by atoms with Crippen LogP contribution < -0.4 is 11.1 Å². The monoisotopic (exact) mass is 357 g/mol. The molecular weight excluding hydrogens is 334 g/mol. The van der Waals surface area contributed by atoms with Crippen molar-refractivity contribution in [3.05, 3.63) is 35.4 Å². The number of primary amides is 1. The van der Waals surface area contributed by atoms with E-state index in [0.717, 1.165) is 24.2 Å². The quantitative estimate of drug-likeness (QED) is 0.702. The molecule has 4 N–H and O–H groups in total. The number of amides is 4. The van der Waals surface area contributed by atoms with Crippen LogP contribution in [0, 0.1) is 11.8 Å². The van der Waals surface area contributed by atoms with Gasteiger partial charge >= 0.3 is 6.03 Å². The fourth-order valence-corrected chi connectivity index (χ4v) is 4.70. The molecule has 1 spiro atoms. The fraction of sp³-hybridized carbons (Fsp3) is 0.526. The average Bonchev–Trinajstić information content (AvgIpc) is 2.95. The molecule has 1 aromatic carbocycles. The van der Waals surface area contributed by atoms with Crippen LogP contribution in [0.4, 0.5) is 4.79 Å². The van der Waals surface area contributed by atoms with E-state index in [9.17, 15) is 19.5 Å². The zero-order chi connectivity index (χ0) is 18.6. The van der Waals surface area contributed by atoms with Gasteiger partial charge in [-0.2, -0.15) is 0 Å². The van der Waals surface area contributed by atoms with Gasteiger partial charge in [0.25, 0.3) is 5.91 Å². The fourth-order valence-electron chi connectivity index (χ4n) is 4.70. The number of aliphatic hydroxyl groups excluding tert-OH is 1. The standard InChI is InChI=1S/C19H23N3O4/c1-10(11-5-4-6-11)15(16(20)24)22-17(25)19(21-18(22)26)9-14(23)12-7-2-3-8-13(12)19/h2-3,7-8,10-11,14-15,23H,4-6,9H2,1H3,(H2,20,24)(H,21,26)/t10-,14-,15?,19?/m0/s1. The van der Waals surface area contributed by atoms with Crippen LogP contribution in [0.15, 0.2) is 24.3 Å². The molecule has 2 unspecified atom stereocenters. The van der Waals surface area contributed by atoms with Gasteiger partial charge in [-0.25, -0.2) is 9.69 Å². The first-order valence-corrected chi connectivity index (χ1v) is 9.09. The zero-order valence-corrected chi connectivity index (χ0v) is 14.6. The maximum atomic E-state index is 13.4. The van der Waals surface area contributed by atoms with Crippen molar-refractivity contribution >= 4 is 17.8 Å². The smallest absolute Gasteiger partial charge is 0.326 e. The number of carbonyl (C=O) groups is 3. The highest BCUT2D eigenvalue weighted by atomic mass is 16.3. The summed E-state index contributed by atoms with van der Waals surface area (Å²) in [7, 11) is 0. The molecule has 7 nitrogen and oxygen atoms in total. The first kappa shape index (κ1) is 17.0. The van der Waals surface area contributed by atoms with Gasteiger partial charge in [-0.3, -0.25) is 9.59 Å². The lowest BCUT2D eigenvalue weighted by Crippen LogP contribution is -2.54. The first-order valence-electron chi connectivity index (χ1n) is 9.09.